The Balaban J connectivity index is 1.49. The highest BCUT2D eigenvalue weighted by atomic mass is 35.5. The third-order valence-electron chi connectivity index (χ3n) is 4.86. The van der Waals surface area contributed by atoms with E-state index in [1.807, 2.05) is 18.2 Å². The summed E-state index contributed by atoms with van der Waals surface area (Å²) in [5.74, 6) is -1.04. The summed E-state index contributed by atoms with van der Waals surface area (Å²) >= 11 is 5.92. The summed E-state index contributed by atoms with van der Waals surface area (Å²) in [6.07, 6.45) is 4.16. The van der Waals surface area contributed by atoms with Gasteiger partial charge in [0, 0.05) is 11.6 Å². The van der Waals surface area contributed by atoms with Crippen LogP contribution in [0.2, 0.25) is 5.02 Å². The summed E-state index contributed by atoms with van der Waals surface area (Å²) < 4.78 is 0. The van der Waals surface area contributed by atoms with E-state index in [0.29, 0.717) is 18.0 Å². The number of halogens is 1. The molecule has 1 aromatic carbocycles. The van der Waals surface area contributed by atoms with E-state index in [0.717, 1.165) is 36.1 Å². The van der Waals surface area contributed by atoms with Gasteiger partial charge in [0.2, 0.25) is 17.7 Å². The van der Waals surface area contributed by atoms with Gasteiger partial charge in [-0.15, -0.1) is 0 Å². The molecule has 1 aliphatic carbocycles. The lowest BCUT2D eigenvalue weighted by molar-refractivity contribution is -0.143. The van der Waals surface area contributed by atoms with Gasteiger partial charge in [-0.25, -0.2) is 0 Å². The fraction of sp³-hybridized carbons (Fsp3) is 0.500. The molecule has 1 N–H and O–H groups in total. The van der Waals surface area contributed by atoms with Crippen molar-refractivity contribution in [3.8, 4) is 0 Å². The molecule has 5 nitrogen and oxygen atoms in total. The molecule has 6 heteroatoms. The van der Waals surface area contributed by atoms with E-state index < -0.39 is 0 Å². The molecule has 2 aliphatic rings. The number of benzene rings is 1. The molecule has 0 aromatic heterocycles. The first-order chi connectivity index (χ1) is 11.6. The number of amides is 3. The average Bonchev–Trinajstić information content (AvgIpc) is 2.80. The molecule has 3 amide bonds. The van der Waals surface area contributed by atoms with Crippen LogP contribution in [0.3, 0.4) is 0 Å². The van der Waals surface area contributed by atoms with Gasteiger partial charge in [-0.2, -0.15) is 0 Å². The van der Waals surface area contributed by atoms with Crippen LogP contribution < -0.4 is 5.32 Å². The quantitative estimate of drug-likeness (QED) is 0.829. The van der Waals surface area contributed by atoms with Crippen molar-refractivity contribution in [1.29, 1.82) is 0 Å². The van der Waals surface area contributed by atoms with E-state index in [9.17, 15) is 14.4 Å². The number of hydrogen-bond donors (Lipinski definition) is 1. The molecule has 1 saturated carbocycles. The largest absolute Gasteiger partial charge is 0.354 e. The van der Waals surface area contributed by atoms with Crippen molar-refractivity contribution in [2.45, 2.75) is 32.1 Å². The molecule has 2 fully saturated rings. The zero-order valence-electron chi connectivity index (χ0n) is 13.5. The minimum atomic E-state index is -0.294. The van der Waals surface area contributed by atoms with Gasteiger partial charge in [-0.3, -0.25) is 19.3 Å². The highest BCUT2D eigenvalue weighted by Gasteiger charge is 2.48. The first kappa shape index (κ1) is 17.0. The summed E-state index contributed by atoms with van der Waals surface area (Å²) in [5.41, 5.74) is 1.03. The highest BCUT2D eigenvalue weighted by molar-refractivity contribution is 6.30. The lowest BCUT2D eigenvalue weighted by atomic mass is 9.81. The van der Waals surface area contributed by atoms with Crippen LogP contribution in [-0.2, 0) is 20.8 Å². The molecule has 1 aromatic rings. The van der Waals surface area contributed by atoms with E-state index in [1.54, 1.807) is 6.07 Å². The number of fused-ring (bicyclic) bond motifs is 1. The highest BCUT2D eigenvalue weighted by Crippen LogP contribution is 2.37. The molecule has 128 valence electrons. The number of carbonyl (C=O) groups excluding carboxylic acids is 3. The van der Waals surface area contributed by atoms with Crippen LogP contribution in [0, 0.1) is 11.8 Å². The maximum atomic E-state index is 12.3. The number of nitrogens with zero attached hydrogens (tertiary/aromatic N) is 1. The van der Waals surface area contributed by atoms with Gasteiger partial charge in [0.15, 0.2) is 0 Å². The van der Waals surface area contributed by atoms with Crippen LogP contribution in [0.15, 0.2) is 24.3 Å². The summed E-state index contributed by atoms with van der Waals surface area (Å²) in [6, 6.07) is 7.46. The minimum Gasteiger partial charge on any atom is -0.354 e. The van der Waals surface area contributed by atoms with Crippen molar-refractivity contribution in [1.82, 2.24) is 10.2 Å². The molecule has 0 spiro atoms. The lowest BCUT2D eigenvalue weighted by Gasteiger charge is -2.19. The van der Waals surface area contributed by atoms with Crippen molar-refractivity contribution in [3.05, 3.63) is 34.9 Å². The molecule has 0 unspecified atom stereocenters. The van der Waals surface area contributed by atoms with E-state index in [1.165, 1.54) is 0 Å². The van der Waals surface area contributed by atoms with Crippen LogP contribution in [0.4, 0.5) is 0 Å². The zero-order chi connectivity index (χ0) is 17.1. The van der Waals surface area contributed by atoms with Gasteiger partial charge < -0.3 is 5.32 Å². The van der Waals surface area contributed by atoms with Gasteiger partial charge in [0.25, 0.3) is 0 Å². The second-order valence-electron chi connectivity index (χ2n) is 6.49. The number of nitrogens with one attached hydrogen (secondary N) is 1. The van der Waals surface area contributed by atoms with Crippen molar-refractivity contribution < 1.29 is 14.4 Å². The molecule has 1 heterocycles. The Kier molecular flexibility index (Phi) is 5.19. The number of rotatable bonds is 5. The predicted octanol–water partition coefficient (Wildman–Crippen LogP) is 2.17. The number of carbonyl (C=O) groups is 3. The lowest BCUT2D eigenvalue weighted by Crippen LogP contribution is -2.41. The first-order valence-corrected chi connectivity index (χ1v) is 8.80. The third-order valence-corrected chi connectivity index (χ3v) is 5.09. The Morgan fingerprint density at radius 2 is 1.83 bits per heavy atom. The van der Waals surface area contributed by atoms with Gasteiger partial charge in [-0.1, -0.05) is 36.6 Å². The Bertz CT molecular complexity index is 637. The molecule has 1 aliphatic heterocycles. The van der Waals surface area contributed by atoms with Crippen LogP contribution in [0.5, 0.6) is 0 Å². The molecular formula is C18H21ClN2O3. The predicted molar refractivity (Wildman–Crippen MR) is 90.3 cm³/mol. The van der Waals surface area contributed by atoms with Crippen molar-refractivity contribution >= 4 is 29.3 Å². The Morgan fingerprint density at radius 3 is 2.46 bits per heavy atom. The standard InChI is InChI=1S/C18H21ClN2O3/c19-13-5-3-4-12(10-13)8-9-20-16(22)11-21-17(23)14-6-1-2-7-15(14)18(21)24/h3-5,10,14-15H,1-2,6-9,11H2,(H,20,22)/t14-,15-/m1/s1. The van der Waals surface area contributed by atoms with Gasteiger partial charge in [0.05, 0.1) is 11.8 Å². The van der Waals surface area contributed by atoms with Gasteiger partial charge >= 0.3 is 0 Å². The van der Waals surface area contributed by atoms with E-state index in [2.05, 4.69) is 5.32 Å². The second-order valence-corrected chi connectivity index (χ2v) is 6.93. The van der Waals surface area contributed by atoms with E-state index in [-0.39, 0.29) is 36.1 Å². The monoisotopic (exact) mass is 348 g/mol. The maximum absolute atomic E-state index is 12.3. The summed E-state index contributed by atoms with van der Waals surface area (Å²) in [6.45, 7) is 0.280. The normalized spacial score (nSPS) is 23.3. The summed E-state index contributed by atoms with van der Waals surface area (Å²) in [7, 11) is 0. The van der Waals surface area contributed by atoms with Crippen molar-refractivity contribution in [2.24, 2.45) is 11.8 Å². The first-order valence-electron chi connectivity index (χ1n) is 8.42. The molecular weight excluding hydrogens is 328 g/mol. The van der Waals surface area contributed by atoms with Crippen LogP contribution in [0.25, 0.3) is 0 Å². The Hall–Kier alpha value is -1.88. The van der Waals surface area contributed by atoms with Gasteiger partial charge in [-0.05, 0) is 37.0 Å². The SMILES string of the molecule is O=C(CN1C(=O)[C@@H]2CCCC[C@H]2C1=O)NCCc1cccc(Cl)c1. The van der Waals surface area contributed by atoms with Crippen molar-refractivity contribution in [3.63, 3.8) is 0 Å². The topological polar surface area (TPSA) is 66.5 Å². The average molecular weight is 349 g/mol. The third kappa shape index (κ3) is 3.61. The smallest absolute Gasteiger partial charge is 0.240 e. The number of imide groups is 1. The fourth-order valence-electron chi connectivity index (χ4n) is 3.63. The molecule has 24 heavy (non-hydrogen) atoms. The molecule has 3 rings (SSSR count). The second kappa shape index (κ2) is 7.34. The van der Waals surface area contributed by atoms with E-state index in [4.69, 9.17) is 11.6 Å². The minimum absolute atomic E-state index is 0.166. The van der Waals surface area contributed by atoms with E-state index >= 15 is 0 Å². The van der Waals surface area contributed by atoms with Gasteiger partial charge in [0.1, 0.15) is 6.54 Å². The maximum Gasteiger partial charge on any atom is 0.240 e. The zero-order valence-corrected chi connectivity index (χ0v) is 14.2. The molecule has 2 atom stereocenters. The summed E-state index contributed by atoms with van der Waals surface area (Å²) in [5, 5.41) is 3.43. The molecule has 0 radical (unpaired) electrons. The van der Waals surface area contributed by atoms with Crippen LogP contribution >= 0.6 is 11.6 Å². The molecule has 0 bridgehead atoms. The van der Waals surface area contributed by atoms with Crippen molar-refractivity contribution in [2.75, 3.05) is 13.1 Å². The van der Waals surface area contributed by atoms with Crippen LogP contribution in [-0.4, -0.2) is 35.7 Å². The Labute approximate surface area is 146 Å². The number of likely N-dealkylation sites (tertiary alicyclic amines) is 1. The molecule has 1 saturated heterocycles. The summed E-state index contributed by atoms with van der Waals surface area (Å²) in [4.78, 5) is 37.9. The van der Waals surface area contributed by atoms with Crippen LogP contribution in [0.1, 0.15) is 31.2 Å². The fourth-order valence-corrected chi connectivity index (χ4v) is 3.84. The number of hydrogen-bond acceptors (Lipinski definition) is 3. The Morgan fingerprint density at radius 1 is 1.17 bits per heavy atom.